The van der Waals surface area contributed by atoms with Crippen LogP contribution >= 0.6 is 11.6 Å². The van der Waals surface area contributed by atoms with Crippen LogP contribution < -0.4 is 5.32 Å². The van der Waals surface area contributed by atoms with Crippen LogP contribution in [0.25, 0.3) is 0 Å². The number of ether oxygens (including phenoxy) is 1. The second-order valence-corrected chi connectivity index (χ2v) is 4.01. The average Bonchev–Trinajstić information content (AvgIpc) is 2.29. The summed E-state index contributed by atoms with van der Waals surface area (Å²) in [6.45, 7) is 3.05. The molecule has 0 fully saturated rings. The molecule has 0 saturated heterocycles. The molecule has 0 aliphatic carbocycles. The quantitative estimate of drug-likeness (QED) is 0.660. The van der Waals surface area contributed by atoms with Gasteiger partial charge in [0.25, 0.3) is 5.91 Å². The normalized spacial score (nSPS) is 10.1. The first-order valence-corrected chi connectivity index (χ1v) is 5.45. The number of aromatic nitrogens is 1. The van der Waals surface area contributed by atoms with E-state index in [9.17, 15) is 9.59 Å². The summed E-state index contributed by atoms with van der Waals surface area (Å²) in [5.74, 6) is -1.13. The number of carbonyl (C=O) groups is 2. The Kier molecular flexibility index (Phi) is 4.90. The summed E-state index contributed by atoms with van der Waals surface area (Å²) in [7, 11) is 0. The third-order valence-electron chi connectivity index (χ3n) is 1.85. The van der Waals surface area contributed by atoms with E-state index >= 15 is 0 Å². The number of hydrogen-bond acceptors (Lipinski definition) is 4. The molecule has 0 aromatic carbocycles. The van der Waals surface area contributed by atoms with Crippen LogP contribution in [-0.2, 0) is 14.3 Å². The Morgan fingerprint density at radius 3 is 2.82 bits per heavy atom. The summed E-state index contributed by atoms with van der Waals surface area (Å²) in [4.78, 5) is 26.3. The Morgan fingerprint density at radius 2 is 2.24 bits per heavy atom. The fourth-order valence-corrected chi connectivity index (χ4v) is 1.14. The van der Waals surface area contributed by atoms with E-state index in [0.717, 1.165) is 0 Å². The molecule has 0 aliphatic heterocycles. The molecule has 1 N–H and O–H groups in total. The maximum Gasteiger partial charge on any atom is 0.308 e. The lowest BCUT2D eigenvalue weighted by Gasteiger charge is -2.08. The van der Waals surface area contributed by atoms with Crippen LogP contribution in [0.1, 0.15) is 13.8 Å². The van der Waals surface area contributed by atoms with Crippen molar-refractivity contribution in [3.63, 3.8) is 0 Å². The van der Waals surface area contributed by atoms with Gasteiger partial charge in [-0.3, -0.25) is 9.59 Å². The molecule has 1 aromatic heterocycles. The fraction of sp³-hybridized carbons (Fsp3) is 0.364. The largest absolute Gasteiger partial charge is 0.455 e. The van der Waals surface area contributed by atoms with Crippen molar-refractivity contribution in [3.05, 3.63) is 23.5 Å². The summed E-state index contributed by atoms with van der Waals surface area (Å²) < 4.78 is 4.76. The second kappa shape index (κ2) is 6.20. The number of rotatable bonds is 4. The monoisotopic (exact) mass is 256 g/mol. The summed E-state index contributed by atoms with van der Waals surface area (Å²) >= 11 is 5.75. The number of nitrogens with zero attached hydrogens (tertiary/aromatic N) is 1. The average molecular weight is 257 g/mol. The smallest absolute Gasteiger partial charge is 0.308 e. The van der Waals surface area contributed by atoms with Crippen LogP contribution in [0.2, 0.25) is 5.15 Å². The van der Waals surface area contributed by atoms with E-state index in [-0.39, 0.29) is 17.7 Å². The van der Waals surface area contributed by atoms with Gasteiger partial charge in [0.1, 0.15) is 0 Å². The van der Waals surface area contributed by atoms with Gasteiger partial charge in [0, 0.05) is 6.20 Å². The first kappa shape index (κ1) is 13.4. The van der Waals surface area contributed by atoms with E-state index in [1.165, 1.54) is 6.20 Å². The van der Waals surface area contributed by atoms with Crippen molar-refractivity contribution in [2.24, 2.45) is 5.92 Å². The van der Waals surface area contributed by atoms with E-state index in [4.69, 9.17) is 16.3 Å². The SMILES string of the molecule is CC(C)C(=O)OCC(=O)Nc1cccnc1Cl. The topological polar surface area (TPSA) is 68.3 Å². The third kappa shape index (κ3) is 4.40. The lowest BCUT2D eigenvalue weighted by Crippen LogP contribution is -2.23. The molecule has 0 saturated carbocycles. The number of anilines is 1. The molecule has 0 bridgehead atoms. The number of carbonyl (C=O) groups excluding carboxylic acids is 2. The van der Waals surface area contributed by atoms with Crippen molar-refractivity contribution < 1.29 is 14.3 Å². The van der Waals surface area contributed by atoms with E-state index < -0.39 is 11.9 Å². The first-order valence-electron chi connectivity index (χ1n) is 5.07. The number of amides is 1. The maximum absolute atomic E-state index is 11.4. The molecule has 1 rings (SSSR count). The highest BCUT2D eigenvalue weighted by atomic mass is 35.5. The van der Waals surface area contributed by atoms with Crippen molar-refractivity contribution in [1.82, 2.24) is 4.98 Å². The van der Waals surface area contributed by atoms with Gasteiger partial charge in [-0.05, 0) is 12.1 Å². The van der Waals surface area contributed by atoms with Crippen LogP contribution in [0.3, 0.4) is 0 Å². The van der Waals surface area contributed by atoms with Gasteiger partial charge < -0.3 is 10.1 Å². The first-order chi connectivity index (χ1) is 8.00. The van der Waals surface area contributed by atoms with E-state index in [0.29, 0.717) is 5.69 Å². The molecular formula is C11H13ClN2O3. The summed E-state index contributed by atoms with van der Waals surface area (Å²) in [5.41, 5.74) is 0.389. The lowest BCUT2D eigenvalue weighted by atomic mass is 10.2. The molecule has 1 aromatic rings. The summed E-state index contributed by atoms with van der Waals surface area (Å²) in [5, 5.41) is 2.68. The van der Waals surface area contributed by atoms with Crippen LogP contribution in [0.4, 0.5) is 5.69 Å². The Hall–Kier alpha value is -1.62. The second-order valence-electron chi connectivity index (χ2n) is 3.65. The number of pyridine rings is 1. The highest BCUT2D eigenvalue weighted by Crippen LogP contribution is 2.17. The molecule has 1 amide bonds. The Labute approximate surface area is 104 Å². The predicted molar refractivity (Wildman–Crippen MR) is 63.7 cm³/mol. The van der Waals surface area contributed by atoms with Crippen molar-refractivity contribution in [1.29, 1.82) is 0 Å². The zero-order chi connectivity index (χ0) is 12.8. The van der Waals surface area contributed by atoms with Gasteiger partial charge in [-0.1, -0.05) is 25.4 Å². The van der Waals surface area contributed by atoms with Crippen molar-refractivity contribution in [2.75, 3.05) is 11.9 Å². The third-order valence-corrected chi connectivity index (χ3v) is 2.15. The Bertz CT molecular complexity index is 421. The maximum atomic E-state index is 11.4. The number of hydrogen-bond donors (Lipinski definition) is 1. The zero-order valence-corrected chi connectivity index (χ0v) is 10.3. The molecule has 0 spiro atoms. The summed E-state index contributed by atoms with van der Waals surface area (Å²) in [6, 6.07) is 3.25. The Morgan fingerprint density at radius 1 is 1.53 bits per heavy atom. The van der Waals surface area contributed by atoms with Crippen LogP contribution in [-0.4, -0.2) is 23.5 Å². The van der Waals surface area contributed by atoms with E-state index in [2.05, 4.69) is 10.3 Å². The molecule has 0 unspecified atom stereocenters. The van der Waals surface area contributed by atoms with Crippen molar-refractivity contribution in [2.45, 2.75) is 13.8 Å². The van der Waals surface area contributed by atoms with Crippen LogP contribution in [0.5, 0.6) is 0 Å². The fourth-order valence-electron chi connectivity index (χ4n) is 0.969. The van der Waals surface area contributed by atoms with E-state index in [1.54, 1.807) is 26.0 Å². The molecule has 92 valence electrons. The molecule has 0 atom stereocenters. The standard InChI is InChI=1S/C11H13ClN2O3/c1-7(2)11(16)17-6-9(15)14-8-4-3-5-13-10(8)12/h3-5,7H,6H2,1-2H3,(H,14,15). The Balaban J connectivity index is 2.46. The highest BCUT2D eigenvalue weighted by Gasteiger charge is 2.12. The molecular weight excluding hydrogens is 244 g/mol. The minimum Gasteiger partial charge on any atom is -0.455 e. The van der Waals surface area contributed by atoms with Crippen LogP contribution in [0, 0.1) is 5.92 Å². The highest BCUT2D eigenvalue weighted by molar-refractivity contribution is 6.32. The minimum atomic E-state index is -0.450. The van der Waals surface area contributed by atoms with Crippen LogP contribution in [0.15, 0.2) is 18.3 Å². The minimum absolute atomic E-state index is 0.191. The van der Waals surface area contributed by atoms with Crippen molar-refractivity contribution >= 4 is 29.2 Å². The molecule has 6 heteroatoms. The van der Waals surface area contributed by atoms with E-state index in [1.807, 2.05) is 0 Å². The molecule has 0 aliphatic rings. The van der Waals surface area contributed by atoms with Gasteiger partial charge in [-0.25, -0.2) is 4.98 Å². The molecule has 17 heavy (non-hydrogen) atoms. The lowest BCUT2D eigenvalue weighted by molar-refractivity contribution is -0.150. The molecule has 1 heterocycles. The number of nitrogens with one attached hydrogen (secondary N) is 1. The van der Waals surface area contributed by atoms with Gasteiger partial charge in [0.2, 0.25) is 0 Å². The van der Waals surface area contributed by atoms with Gasteiger partial charge in [0.05, 0.1) is 11.6 Å². The van der Waals surface area contributed by atoms with Crippen molar-refractivity contribution in [3.8, 4) is 0 Å². The molecule has 5 nitrogen and oxygen atoms in total. The molecule has 0 radical (unpaired) electrons. The summed E-state index contributed by atoms with van der Waals surface area (Å²) in [6.07, 6.45) is 1.51. The van der Waals surface area contributed by atoms with Gasteiger partial charge in [-0.2, -0.15) is 0 Å². The zero-order valence-electron chi connectivity index (χ0n) is 9.57. The predicted octanol–water partition coefficient (Wildman–Crippen LogP) is 1.87. The van der Waals surface area contributed by atoms with Gasteiger partial charge in [0.15, 0.2) is 11.8 Å². The van der Waals surface area contributed by atoms with Gasteiger partial charge in [-0.15, -0.1) is 0 Å². The number of halogens is 1. The number of esters is 1. The van der Waals surface area contributed by atoms with Gasteiger partial charge >= 0.3 is 5.97 Å².